The average Bonchev–Trinajstić information content (AvgIpc) is 2.42. The minimum absolute atomic E-state index is 0.185. The van der Waals surface area contributed by atoms with E-state index in [-0.39, 0.29) is 18.9 Å². The zero-order valence-corrected chi connectivity index (χ0v) is 12.2. The lowest BCUT2D eigenvalue weighted by atomic mass is 10.2. The highest BCUT2D eigenvalue weighted by Gasteiger charge is 2.13. The van der Waals surface area contributed by atoms with Crippen LogP contribution in [0.4, 0.5) is 10.1 Å². The molecule has 0 bridgehead atoms. The first-order valence-corrected chi connectivity index (χ1v) is 6.81. The normalized spacial score (nSPS) is 10.3. The first-order chi connectivity index (χ1) is 9.56. The number of anilines is 1. The largest absolute Gasteiger partial charge is 0.480 e. The van der Waals surface area contributed by atoms with Gasteiger partial charge in [-0.25, -0.2) is 4.39 Å². The number of carboxylic acids is 1. The van der Waals surface area contributed by atoms with Crippen LogP contribution in [0.15, 0.2) is 53.0 Å². The molecule has 0 spiro atoms. The van der Waals surface area contributed by atoms with Crippen molar-refractivity contribution in [3.63, 3.8) is 0 Å². The molecule has 0 radical (unpaired) electrons. The summed E-state index contributed by atoms with van der Waals surface area (Å²) < 4.78 is 14.5. The lowest BCUT2D eigenvalue weighted by Gasteiger charge is -2.23. The molecule has 0 aliphatic heterocycles. The Labute approximate surface area is 124 Å². The lowest BCUT2D eigenvalue weighted by molar-refractivity contribution is -0.135. The number of rotatable bonds is 5. The second kappa shape index (κ2) is 6.52. The Balaban J connectivity index is 2.28. The van der Waals surface area contributed by atoms with Crippen molar-refractivity contribution in [2.45, 2.75) is 6.54 Å². The van der Waals surface area contributed by atoms with Gasteiger partial charge in [0.1, 0.15) is 12.4 Å². The number of para-hydroxylation sites is 1. The fraction of sp³-hybridized carbons (Fsp3) is 0.133. The molecule has 20 heavy (non-hydrogen) atoms. The SMILES string of the molecule is O=C(O)CN(Cc1cc(Br)ccc1F)c1ccccc1. The Kier molecular flexibility index (Phi) is 4.74. The van der Waals surface area contributed by atoms with Crippen molar-refractivity contribution in [2.24, 2.45) is 0 Å². The summed E-state index contributed by atoms with van der Waals surface area (Å²) in [4.78, 5) is 12.6. The third-order valence-electron chi connectivity index (χ3n) is 2.82. The predicted molar refractivity (Wildman–Crippen MR) is 79.2 cm³/mol. The summed E-state index contributed by atoms with van der Waals surface area (Å²) >= 11 is 3.29. The second-order valence-electron chi connectivity index (χ2n) is 4.32. The molecule has 0 saturated heterocycles. The van der Waals surface area contributed by atoms with E-state index in [1.54, 1.807) is 29.2 Å². The summed E-state index contributed by atoms with van der Waals surface area (Å²) in [6, 6.07) is 13.7. The van der Waals surface area contributed by atoms with Gasteiger partial charge in [-0.15, -0.1) is 0 Å². The quantitative estimate of drug-likeness (QED) is 0.904. The van der Waals surface area contributed by atoms with Gasteiger partial charge in [-0.1, -0.05) is 34.1 Å². The summed E-state index contributed by atoms with van der Waals surface area (Å²) in [5.74, 6) is -1.30. The highest BCUT2D eigenvalue weighted by Crippen LogP contribution is 2.21. The predicted octanol–water partition coefficient (Wildman–Crippen LogP) is 3.68. The minimum atomic E-state index is -0.954. The van der Waals surface area contributed by atoms with Crippen molar-refractivity contribution >= 4 is 27.6 Å². The van der Waals surface area contributed by atoms with Crippen LogP contribution in [-0.4, -0.2) is 17.6 Å². The Hall–Kier alpha value is -1.88. The molecule has 1 N–H and O–H groups in total. The number of hydrogen-bond donors (Lipinski definition) is 1. The topological polar surface area (TPSA) is 40.5 Å². The molecular formula is C15H13BrFNO2. The van der Waals surface area contributed by atoms with Crippen molar-refractivity contribution in [1.82, 2.24) is 0 Å². The Morgan fingerprint density at radius 3 is 2.55 bits per heavy atom. The first-order valence-electron chi connectivity index (χ1n) is 6.02. The molecule has 3 nitrogen and oxygen atoms in total. The van der Waals surface area contributed by atoms with Crippen LogP contribution in [-0.2, 0) is 11.3 Å². The van der Waals surface area contributed by atoms with Crippen LogP contribution in [0.5, 0.6) is 0 Å². The molecule has 0 atom stereocenters. The Bertz CT molecular complexity index is 604. The molecule has 0 saturated carbocycles. The van der Waals surface area contributed by atoms with Gasteiger partial charge in [-0.2, -0.15) is 0 Å². The average molecular weight is 338 g/mol. The van der Waals surface area contributed by atoms with Crippen molar-refractivity contribution in [3.05, 3.63) is 64.4 Å². The summed E-state index contributed by atoms with van der Waals surface area (Å²) in [5, 5.41) is 9.00. The maximum Gasteiger partial charge on any atom is 0.323 e. The third kappa shape index (κ3) is 3.81. The van der Waals surface area contributed by atoms with E-state index >= 15 is 0 Å². The summed E-state index contributed by atoms with van der Waals surface area (Å²) in [6.07, 6.45) is 0. The highest BCUT2D eigenvalue weighted by atomic mass is 79.9. The fourth-order valence-corrected chi connectivity index (χ4v) is 2.32. The highest BCUT2D eigenvalue weighted by molar-refractivity contribution is 9.10. The van der Waals surface area contributed by atoms with Crippen LogP contribution >= 0.6 is 15.9 Å². The zero-order valence-electron chi connectivity index (χ0n) is 10.6. The molecule has 0 fully saturated rings. The van der Waals surface area contributed by atoms with Crippen LogP contribution in [0.2, 0.25) is 0 Å². The van der Waals surface area contributed by atoms with Crippen LogP contribution in [0.3, 0.4) is 0 Å². The Morgan fingerprint density at radius 2 is 1.90 bits per heavy atom. The van der Waals surface area contributed by atoms with Crippen LogP contribution in [0.25, 0.3) is 0 Å². The van der Waals surface area contributed by atoms with Gasteiger partial charge in [0, 0.05) is 22.3 Å². The number of halogens is 2. The van der Waals surface area contributed by atoms with Gasteiger partial charge in [0.2, 0.25) is 0 Å². The van der Waals surface area contributed by atoms with Crippen LogP contribution in [0.1, 0.15) is 5.56 Å². The van der Waals surface area contributed by atoms with E-state index in [1.807, 2.05) is 18.2 Å². The molecule has 2 aromatic carbocycles. The Morgan fingerprint density at radius 1 is 1.20 bits per heavy atom. The van der Waals surface area contributed by atoms with E-state index in [1.165, 1.54) is 6.07 Å². The van der Waals surface area contributed by atoms with Crippen LogP contribution < -0.4 is 4.90 Å². The van der Waals surface area contributed by atoms with Gasteiger partial charge >= 0.3 is 5.97 Å². The number of nitrogens with zero attached hydrogens (tertiary/aromatic N) is 1. The molecule has 0 aromatic heterocycles. The molecule has 0 aliphatic carbocycles. The summed E-state index contributed by atoms with van der Waals surface area (Å²) in [5.41, 5.74) is 1.19. The molecule has 2 aromatic rings. The summed E-state index contributed by atoms with van der Waals surface area (Å²) in [7, 11) is 0. The maximum atomic E-state index is 13.8. The van der Waals surface area contributed by atoms with Gasteiger partial charge in [0.05, 0.1) is 0 Å². The van der Waals surface area contributed by atoms with Gasteiger partial charge in [0.15, 0.2) is 0 Å². The molecule has 0 unspecified atom stereocenters. The number of carboxylic acid groups (broad SMARTS) is 1. The molecular weight excluding hydrogens is 325 g/mol. The van der Waals surface area contributed by atoms with E-state index in [9.17, 15) is 9.18 Å². The smallest absolute Gasteiger partial charge is 0.323 e. The lowest BCUT2D eigenvalue weighted by Crippen LogP contribution is -2.29. The van der Waals surface area contributed by atoms with Crippen molar-refractivity contribution in [1.29, 1.82) is 0 Å². The number of benzene rings is 2. The zero-order chi connectivity index (χ0) is 14.5. The minimum Gasteiger partial charge on any atom is -0.480 e. The van der Waals surface area contributed by atoms with E-state index in [0.717, 1.165) is 10.2 Å². The van der Waals surface area contributed by atoms with E-state index in [4.69, 9.17) is 5.11 Å². The molecule has 0 heterocycles. The van der Waals surface area contributed by atoms with Crippen molar-refractivity contribution in [3.8, 4) is 0 Å². The number of hydrogen-bond acceptors (Lipinski definition) is 2. The molecule has 0 aliphatic rings. The van der Waals surface area contributed by atoms with Crippen LogP contribution in [0, 0.1) is 5.82 Å². The maximum absolute atomic E-state index is 13.8. The van der Waals surface area contributed by atoms with E-state index in [2.05, 4.69) is 15.9 Å². The van der Waals surface area contributed by atoms with Crippen molar-refractivity contribution < 1.29 is 14.3 Å². The van der Waals surface area contributed by atoms with E-state index in [0.29, 0.717) is 5.56 Å². The third-order valence-corrected chi connectivity index (χ3v) is 3.31. The summed E-state index contributed by atoms with van der Waals surface area (Å²) in [6.45, 7) is 0.0115. The van der Waals surface area contributed by atoms with Gasteiger partial charge in [0.25, 0.3) is 0 Å². The monoisotopic (exact) mass is 337 g/mol. The van der Waals surface area contributed by atoms with Gasteiger partial charge in [-0.05, 0) is 30.3 Å². The molecule has 5 heteroatoms. The number of aliphatic carboxylic acids is 1. The fourth-order valence-electron chi connectivity index (χ4n) is 1.91. The standard InChI is InChI=1S/C15H13BrFNO2/c16-12-6-7-14(17)11(8-12)9-18(10-15(19)20)13-4-2-1-3-5-13/h1-8H,9-10H2,(H,19,20). The first kappa shape index (κ1) is 14.5. The molecule has 2 rings (SSSR count). The van der Waals surface area contributed by atoms with Crippen molar-refractivity contribution in [2.75, 3.05) is 11.4 Å². The van der Waals surface area contributed by atoms with E-state index < -0.39 is 5.97 Å². The second-order valence-corrected chi connectivity index (χ2v) is 5.24. The van der Waals surface area contributed by atoms with Gasteiger partial charge in [-0.3, -0.25) is 4.79 Å². The van der Waals surface area contributed by atoms with Gasteiger partial charge < -0.3 is 10.0 Å². The number of carbonyl (C=O) groups is 1. The molecule has 0 amide bonds. The molecule has 104 valence electrons.